The molecule has 2 nitrogen and oxygen atoms in total. The van der Waals surface area contributed by atoms with E-state index in [9.17, 15) is 4.80 Å². The van der Waals surface area contributed by atoms with Crippen LogP contribution in [-0.2, 0) is 0 Å². The summed E-state index contributed by atoms with van der Waals surface area (Å²) < 4.78 is 5.88. The van der Waals surface area contributed by atoms with Crippen molar-refractivity contribution in [3.8, 4) is 5.75 Å². The Balaban J connectivity index is 2.58. The van der Waals surface area contributed by atoms with Crippen molar-refractivity contribution < 1.29 is 9.53 Å². The van der Waals surface area contributed by atoms with Crippen molar-refractivity contribution in [3.63, 3.8) is 0 Å². The highest BCUT2D eigenvalue weighted by atomic mass is 28.4. The van der Waals surface area contributed by atoms with Crippen molar-refractivity contribution in [2.45, 2.75) is 33.1 Å². The zero-order chi connectivity index (χ0) is 13.6. The van der Waals surface area contributed by atoms with Gasteiger partial charge in [0.2, 0.25) is 8.32 Å². The molecule has 2 rings (SSSR count). The molecule has 0 aliphatic carbocycles. The molecule has 1 aromatic rings. The minimum atomic E-state index is -2.22. The molecule has 0 bridgehead atoms. The summed E-state index contributed by atoms with van der Waals surface area (Å²) in [6.07, 6.45) is 0. The van der Waals surface area contributed by atoms with Crippen molar-refractivity contribution in [1.82, 2.24) is 0 Å². The maximum Gasteiger partial charge on any atom is 0.209 e. The lowest BCUT2D eigenvalue weighted by molar-refractivity contribution is 0.355. The van der Waals surface area contributed by atoms with Gasteiger partial charge in [-0.05, 0) is 36.5 Å². The van der Waals surface area contributed by atoms with Crippen molar-refractivity contribution in [3.05, 3.63) is 34.7 Å². The number of allylic oxidation sites excluding steroid dienone is 1. The summed E-state index contributed by atoms with van der Waals surface area (Å²) in [5.41, 5.74) is 0. The first-order valence-electron chi connectivity index (χ1n) is 6.40. The Hall–Kier alpha value is -0.846. The number of rotatable bonds is 1. The third-order valence-corrected chi connectivity index (χ3v) is 10.2. The summed E-state index contributed by atoms with van der Waals surface area (Å²) in [7, 11) is -3.91. The maximum absolute atomic E-state index is 10.4. The number of hydrogen-bond acceptors (Lipinski definition) is 2. The van der Waals surface area contributed by atoms with Crippen LogP contribution in [-0.4, -0.2) is 27.8 Å². The van der Waals surface area contributed by atoms with E-state index in [1.165, 1.54) is 15.6 Å². The van der Waals surface area contributed by atoms with Gasteiger partial charge in [-0.25, -0.2) is 0 Å². The zero-order valence-electron chi connectivity index (χ0n) is 11.9. The molecule has 0 saturated heterocycles. The summed E-state index contributed by atoms with van der Waals surface area (Å²) in [5.74, 6) is 1.03. The van der Waals surface area contributed by atoms with Crippen molar-refractivity contribution in [1.29, 1.82) is 0 Å². The van der Waals surface area contributed by atoms with Crippen LogP contribution < -0.4 is 9.92 Å². The average Bonchev–Trinajstić information content (AvgIpc) is 2.27. The first-order chi connectivity index (χ1) is 8.24. The number of benzene rings is 1. The highest BCUT2D eigenvalue weighted by Gasteiger charge is 2.39. The van der Waals surface area contributed by atoms with Crippen LogP contribution in [0.25, 0.3) is 0 Å². The molecule has 0 unspecified atom stereocenters. The Kier molecular flexibility index (Phi) is 3.29. The Labute approximate surface area is 111 Å². The average molecular weight is 278 g/mol. The van der Waals surface area contributed by atoms with E-state index in [0.29, 0.717) is 6.61 Å². The zero-order valence-corrected chi connectivity index (χ0v) is 13.9. The normalized spacial score (nSPS) is 21.0. The van der Waals surface area contributed by atoms with Gasteiger partial charge in [0, 0.05) is 0 Å². The monoisotopic (exact) mass is 278 g/mol. The largest absolute Gasteiger partial charge is 0.490 e. The Morgan fingerprint density at radius 1 is 1.28 bits per heavy atom. The molecule has 18 heavy (non-hydrogen) atoms. The first kappa shape index (κ1) is 13.6. The van der Waals surface area contributed by atoms with Gasteiger partial charge in [0.15, 0.2) is 0 Å². The standard InChI is InChI=1S/C14H22O2Si2/c1-11(18(4,5)15)14-10-16-12-8-6-7-9-13(12)17(14,2)3/h6-9,15H,10H2,1-5H3/b14-11+. The fourth-order valence-electron chi connectivity index (χ4n) is 2.55. The molecular formula is C14H22O2Si2. The summed E-state index contributed by atoms with van der Waals surface area (Å²) >= 11 is 0. The molecule has 0 fully saturated rings. The number of para-hydroxylation sites is 1. The molecule has 98 valence electrons. The molecule has 4 heteroatoms. The fourth-order valence-corrected chi connectivity index (χ4v) is 8.19. The molecule has 0 atom stereocenters. The molecule has 0 spiro atoms. The molecule has 1 aliphatic heterocycles. The second-order valence-corrected chi connectivity index (χ2v) is 14.3. The first-order valence-corrected chi connectivity index (χ1v) is 12.3. The lowest BCUT2D eigenvalue weighted by Crippen LogP contribution is -2.52. The second-order valence-electron chi connectivity index (χ2n) is 6.07. The van der Waals surface area contributed by atoms with E-state index in [-0.39, 0.29) is 0 Å². The lowest BCUT2D eigenvalue weighted by atomic mass is 10.3. The molecule has 0 radical (unpaired) electrons. The number of fused-ring (bicyclic) bond motifs is 1. The van der Waals surface area contributed by atoms with Crippen LogP contribution in [0.15, 0.2) is 34.7 Å². The van der Waals surface area contributed by atoms with Crippen LogP contribution in [0.3, 0.4) is 0 Å². The van der Waals surface area contributed by atoms with Crippen LogP contribution in [0.5, 0.6) is 5.75 Å². The molecule has 1 aliphatic rings. The van der Waals surface area contributed by atoms with Gasteiger partial charge in [-0.2, -0.15) is 0 Å². The molecule has 0 amide bonds. The quantitative estimate of drug-likeness (QED) is 0.800. The van der Waals surface area contributed by atoms with Gasteiger partial charge in [-0.3, -0.25) is 0 Å². The minimum absolute atomic E-state index is 0.652. The predicted octanol–water partition coefficient (Wildman–Crippen LogP) is 2.59. The molecule has 1 heterocycles. The van der Waals surface area contributed by atoms with Gasteiger partial charge in [0.05, 0.1) is 0 Å². The number of ether oxygens (including phenoxy) is 1. The SMILES string of the molecule is C/C(=C1/COc2ccccc2[Si]1(C)C)[Si](C)(C)O. The Bertz CT molecular complexity index is 499. The molecule has 1 aromatic carbocycles. The van der Waals surface area contributed by atoms with Crippen LogP contribution >= 0.6 is 0 Å². The highest BCUT2D eigenvalue weighted by molar-refractivity contribution is 6.98. The highest BCUT2D eigenvalue weighted by Crippen LogP contribution is 2.30. The van der Waals surface area contributed by atoms with Crippen molar-refractivity contribution in [2.75, 3.05) is 6.61 Å². The molecular weight excluding hydrogens is 256 g/mol. The van der Waals surface area contributed by atoms with Gasteiger partial charge < -0.3 is 9.53 Å². The van der Waals surface area contributed by atoms with Crippen LogP contribution in [0.4, 0.5) is 0 Å². The minimum Gasteiger partial charge on any atom is -0.490 e. The summed E-state index contributed by atoms with van der Waals surface area (Å²) in [6.45, 7) is 11.4. The van der Waals surface area contributed by atoms with E-state index in [4.69, 9.17) is 4.74 Å². The van der Waals surface area contributed by atoms with E-state index in [0.717, 1.165) is 5.75 Å². The predicted molar refractivity (Wildman–Crippen MR) is 81.5 cm³/mol. The number of hydrogen-bond donors (Lipinski definition) is 1. The van der Waals surface area contributed by atoms with E-state index in [1.54, 1.807) is 0 Å². The van der Waals surface area contributed by atoms with E-state index in [1.807, 2.05) is 19.2 Å². The van der Waals surface area contributed by atoms with Gasteiger partial charge in [0.1, 0.15) is 20.4 Å². The van der Waals surface area contributed by atoms with Gasteiger partial charge in [-0.1, -0.05) is 36.5 Å². The van der Waals surface area contributed by atoms with Crippen LogP contribution in [0.1, 0.15) is 6.92 Å². The summed E-state index contributed by atoms with van der Waals surface area (Å²) in [6, 6.07) is 8.34. The summed E-state index contributed by atoms with van der Waals surface area (Å²) in [5, 5.41) is 3.93. The molecule has 0 saturated carbocycles. The third-order valence-electron chi connectivity index (χ3n) is 4.06. The lowest BCUT2D eigenvalue weighted by Gasteiger charge is -2.36. The molecule has 1 N–H and O–H groups in total. The second kappa shape index (κ2) is 4.36. The van der Waals surface area contributed by atoms with E-state index in [2.05, 4.69) is 38.2 Å². The van der Waals surface area contributed by atoms with Gasteiger partial charge >= 0.3 is 0 Å². The maximum atomic E-state index is 10.4. The van der Waals surface area contributed by atoms with Crippen molar-refractivity contribution >= 4 is 21.6 Å². The van der Waals surface area contributed by atoms with Crippen LogP contribution in [0, 0.1) is 0 Å². The van der Waals surface area contributed by atoms with Gasteiger partial charge in [-0.15, -0.1) is 0 Å². The summed E-state index contributed by atoms with van der Waals surface area (Å²) in [4.78, 5) is 10.4. The van der Waals surface area contributed by atoms with E-state index >= 15 is 0 Å². The topological polar surface area (TPSA) is 29.5 Å². The van der Waals surface area contributed by atoms with Crippen molar-refractivity contribution in [2.24, 2.45) is 0 Å². The van der Waals surface area contributed by atoms with E-state index < -0.39 is 16.4 Å². The smallest absolute Gasteiger partial charge is 0.209 e. The van der Waals surface area contributed by atoms with Gasteiger partial charge in [0.25, 0.3) is 0 Å². The molecule has 0 aromatic heterocycles. The Morgan fingerprint density at radius 2 is 1.89 bits per heavy atom. The van der Waals surface area contributed by atoms with Crippen LogP contribution in [0.2, 0.25) is 26.2 Å². The third kappa shape index (κ3) is 2.20. The Morgan fingerprint density at radius 3 is 2.50 bits per heavy atom. The fraction of sp³-hybridized carbons (Fsp3) is 0.429.